The average molecular weight is 474 g/mol. The zero-order valence-corrected chi connectivity index (χ0v) is 19.0. The van der Waals surface area contributed by atoms with Gasteiger partial charge in [0.2, 0.25) is 5.91 Å². The molecule has 1 saturated heterocycles. The van der Waals surface area contributed by atoms with E-state index in [-0.39, 0.29) is 37.2 Å². The molecule has 33 heavy (non-hydrogen) atoms. The highest BCUT2D eigenvalue weighted by Crippen LogP contribution is 2.34. The summed E-state index contributed by atoms with van der Waals surface area (Å²) in [5, 5.41) is 18.6. The molecule has 0 radical (unpaired) electrons. The first-order valence-corrected chi connectivity index (χ1v) is 10.9. The van der Waals surface area contributed by atoms with E-state index in [0.29, 0.717) is 16.4 Å². The first-order chi connectivity index (χ1) is 15.8. The van der Waals surface area contributed by atoms with Crippen molar-refractivity contribution in [3.8, 4) is 5.95 Å². The predicted molar refractivity (Wildman–Crippen MR) is 115 cm³/mol. The van der Waals surface area contributed by atoms with E-state index in [9.17, 15) is 19.5 Å². The lowest BCUT2D eigenvalue weighted by Gasteiger charge is -2.22. The monoisotopic (exact) mass is 473 g/mol. The maximum atomic E-state index is 13.1. The van der Waals surface area contributed by atoms with Gasteiger partial charge in [0.05, 0.1) is 23.9 Å². The number of hydrogen-bond donors (Lipinski definition) is 1. The zero-order chi connectivity index (χ0) is 23.7. The molecule has 12 heteroatoms. The van der Waals surface area contributed by atoms with Crippen molar-refractivity contribution in [3.05, 3.63) is 35.5 Å². The van der Waals surface area contributed by atoms with Crippen molar-refractivity contribution in [2.45, 2.75) is 44.8 Å². The van der Waals surface area contributed by atoms with Crippen molar-refractivity contribution in [1.29, 1.82) is 0 Å². The van der Waals surface area contributed by atoms with Crippen molar-refractivity contribution in [3.63, 3.8) is 0 Å². The molecule has 0 spiro atoms. The van der Waals surface area contributed by atoms with Crippen molar-refractivity contribution in [1.82, 2.24) is 15.1 Å². The standard InChI is InChI=1S/C21H23N5O6S/c1-3-31-19(29)12-4-6-13(7-5-12)22-17(27)10-15-18(28)26(14-8-9-14)21(33)25(15)11-16-20(30)32-23-24(16)2/h4-7,14-15H,3,8-11H2,1-2H3,(H-,22,23,27,29,30). The number of hydrogen-bond acceptors (Lipinski definition) is 8. The summed E-state index contributed by atoms with van der Waals surface area (Å²) in [6.07, 6.45) is 1.53. The molecule has 1 aromatic carbocycles. The first-order valence-electron chi connectivity index (χ1n) is 10.5. The van der Waals surface area contributed by atoms with E-state index in [4.69, 9.17) is 17.0 Å². The van der Waals surface area contributed by atoms with Crippen LogP contribution in [0, 0.1) is 0 Å². The number of esters is 1. The molecule has 174 valence electrons. The summed E-state index contributed by atoms with van der Waals surface area (Å²) >= 11 is 5.53. The molecule has 0 bridgehead atoms. The highest BCUT2D eigenvalue weighted by Gasteiger charge is 2.49. The molecular formula is C21H23N5O6S. The topological polar surface area (TPSA) is 132 Å². The molecule has 4 rings (SSSR count). The smallest absolute Gasteiger partial charge is 0.338 e. The minimum Gasteiger partial charge on any atom is -0.539 e. The summed E-state index contributed by atoms with van der Waals surface area (Å²) in [4.78, 5) is 40.8. The fraction of sp³-hybridized carbons (Fsp3) is 0.429. The van der Waals surface area contributed by atoms with Gasteiger partial charge in [0.1, 0.15) is 12.6 Å². The van der Waals surface area contributed by atoms with Crippen LogP contribution in [0.4, 0.5) is 5.69 Å². The molecule has 11 nitrogen and oxygen atoms in total. The van der Waals surface area contributed by atoms with Crippen LogP contribution in [0.25, 0.3) is 0 Å². The third-order valence-electron chi connectivity index (χ3n) is 5.51. The van der Waals surface area contributed by atoms with E-state index < -0.39 is 23.9 Å². The molecule has 2 aliphatic rings. The van der Waals surface area contributed by atoms with E-state index in [1.165, 1.54) is 4.68 Å². The number of aryl methyl sites for hydroxylation is 1. The number of rotatable bonds is 8. The highest BCUT2D eigenvalue weighted by molar-refractivity contribution is 7.80. The Morgan fingerprint density at radius 1 is 1.33 bits per heavy atom. The fourth-order valence-electron chi connectivity index (χ4n) is 3.66. The van der Waals surface area contributed by atoms with Crippen molar-refractivity contribution in [2.75, 3.05) is 11.9 Å². The molecule has 1 atom stereocenters. The number of anilines is 1. The minimum absolute atomic E-state index is 0.00118. The third-order valence-corrected chi connectivity index (χ3v) is 5.94. The molecule has 1 unspecified atom stereocenters. The molecule has 2 aromatic rings. The van der Waals surface area contributed by atoms with E-state index in [0.717, 1.165) is 12.8 Å². The number of amides is 2. The molecule has 1 saturated carbocycles. The Bertz CT molecular complexity index is 1080. The van der Waals surface area contributed by atoms with Crippen LogP contribution in [0.1, 0.15) is 42.2 Å². The second-order valence-corrected chi connectivity index (χ2v) is 8.21. The van der Waals surface area contributed by atoms with Gasteiger partial charge in [-0.2, -0.15) is 0 Å². The Balaban J connectivity index is 1.48. The number of benzene rings is 1. The number of carbonyl (C=O) groups is 3. The van der Waals surface area contributed by atoms with Gasteiger partial charge in [-0.1, -0.05) is 4.68 Å². The van der Waals surface area contributed by atoms with E-state index in [2.05, 4.69) is 15.1 Å². The Kier molecular flexibility index (Phi) is 6.27. The molecule has 1 aromatic heterocycles. The van der Waals surface area contributed by atoms with E-state index in [1.807, 2.05) is 0 Å². The average Bonchev–Trinajstić information content (AvgIpc) is 3.52. The van der Waals surface area contributed by atoms with Crippen LogP contribution in [-0.2, 0) is 27.9 Å². The molecular weight excluding hydrogens is 450 g/mol. The number of thiocarbonyl (C=S) groups is 1. The first kappa shape index (κ1) is 22.6. The number of aromatic nitrogens is 2. The van der Waals surface area contributed by atoms with Gasteiger partial charge >= 0.3 is 5.97 Å². The third kappa shape index (κ3) is 4.65. The van der Waals surface area contributed by atoms with Gasteiger partial charge in [0.15, 0.2) is 18.1 Å². The number of carbonyl (C=O) groups excluding carboxylic acids is 3. The Morgan fingerprint density at radius 2 is 2.03 bits per heavy atom. The molecule has 2 fully saturated rings. The summed E-state index contributed by atoms with van der Waals surface area (Å²) in [5.74, 6) is -1.74. The van der Waals surface area contributed by atoms with Gasteiger partial charge in [0, 0.05) is 11.7 Å². The van der Waals surface area contributed by atoms with E-state index >= 15 is 0 Å². The summed E-state index contributed by atoms with van der Waals surface area (Å²) in [6.45, 7) is 1.99. The van der Waals surface area contributed by atoms with Crippen LogP contribution in [0.3, 0.4) is 0 Å². The summed E-state index contributed by atoms with van der Waals surface area (Å²) in [7, 11) is 1.56. The quantitative estimate of drug-likeness (QED) is 0.325. The van der Waals surface area contributed by atoms with Gasteiger partial charge in [-0.3, -0.25) is 14.5 Å². The maximum absolute atomic E-state index is 13.1. The van der Waals surface area contributed by atoms with Crippen LogP contribution < -0.4 is 15.1 Å². The Labute approximate surface area is 194 Å². The molecule has 1 aliphatic carbocycles. The summed E-state index contributed by atoms with van der Waals surface area (Å²) in [5.41, 5.74) is 1.06. The van der Waals surface area contributed by atoms with Gasteiger partial charge in [-0.15, -0.1) is 0 Å². The fourth-order valence-corrected chi connectivity index (χ4v) is 4.09. The highest BCUT2D eigenvalue weighted by atomic mass is 32.1. The lowest BCUT2D eigenvalue weighted by molar-refractivity contribution is -0.746. The summed E-state index contributed by atoms with van der Waals surface area (Å²) < 4.78 is 10.9. The number of nitrogens with zero attached hydrogens (tertiary/aromatic N) is 4. The van der Waals surface area contributed by atoms with Crippen LogP contribution in [-0.4, -0.2) is 56.7 Å². The van der Waals surface area contributed by atoms with Crippen molar-refractivity contribution < 1.29 is 33.4 Å². The Hall–Kier alpha value is -3.54. The molecule has 1 aliphatic heterocycles. The predicted octanol–water partition coefficient (Wildman–Crippen LogP) is 0.238. The lowest BCUT2D eigenvalue weighted by Crippen LogP contribution is -2.42. The molecule has 2 amide bonds. The van der Waals surface area contributed by atoms with Crippen LogP contribution in [0.15, 0.2) is 28.8 Å². The van der Waals surface area contributed by atoms with E-state index in [1.54, 1.807) is 48.0 Å². The normalized spacial score (nSPS) is 18.1. The van der Waals surface area contributed by atoms with Gasteiger partial charge in [-0.25, -0.2) is 4.79 Å². The van der Waals surface area contributed by atoms with Crippen LogP contribution in [0.5, 0.6) is 5.95 Å². The lowest BCUT2D eigenvalue weighted by atomic mass is 10.1. The summed E-state index contributed by atoms with van der Waals surface area (Å²) in [6, 6.07) is 5.43. The SMILES string of the molecule is CCOC(=O)c1ccc(NC(=O)CC2C(=O)N(C3CC3)C(=S)N2Cc2c([O-])on[n+]2C)cc1. The second kappa shape index (κ2) is 9.14. The van der Waals surface area contributed by atoms with Crippen molar-refractivity contribution >= 4 is 40.8 Å². The maximum Gasteiger partial charge on any atom is 0.338 e. The second-order valence-electron chi connectivity index (χ2n) is 7.85. The number of nitrogens with one attached hydrogen (secondary N) is 1. The van der Waals surface area contributed by atoms with Crippen molar-refractivity contribution in [2.24, 2.45) is 7.05 Å². The van der Waals surface area contributed by atoms with Gasteiger partial charge in [0.25, 0.3) is 11.6 Å². The minimum atomic E-state index is -0.855. The molecule has 2 heterocycles. The van der Waals surface area contributed by atoms with Crippen LogP contribution >= 0.6 is 12.2 Å². The largest absolute Gasteiger partial charge is 0.539 e. The van der Waals surface area contributed by atoms with Crippen LogP contribution in [0.2, 0.25) is 0 Å². The van der Waals surface area contributed by atoms with Gasteiger partial charge < -0.3 is 24.6 Å². The Morgan fingerprint density at radius 3 is 2.61 bits per heavy atom. The van der Waals surface area contributed by atoms with Gasteiger partial charge in [-0.05, 0) is 56.2 Å². The molecule has 1 N–H and O–H groups in total. The zero-order valence-electron chi connectivity index (χ0n) is 18.1. The number of ether oxygens (including phenoxy) is 1.